The standard InChI is InChI=1S/C14H14F4N2O3.C12H10F4N2O2.2C8H14O2.C7H3F4NO2.C2H3N.6CH4.ClH/c15-10-9(1-4-19-11(10)14(16,17)18)12(21)20-5-2-13(3-6-20)22-7-8-23-13;13-9-8(1-4-17-10(9)12(14,15)16)11(20)18-5-2-7(19)3-6-18;2*1-2-4-8(5-3-1)9-6-7-10-8;8-4-3(6(13)14)1-2-12-5(4)7(9,10)11;1-2-3;;;;;;;/h1,4H,2-3,5-8H2;1,4H,2-3,5-6H2;2*1-7H2;1-2H,(H,13,14);1H3;6*1H4;1H. The summed E-state index contributed by atoms with van der Waals surface area (Å²) in [6, 6.07) is 4.27. The molecule has 3 aromatic heterocycles. The molecule has 0 atom stereocenters. The molecule has 87 heavy (non-hydrogen) atoms. The molecule has 0 unspecified atom stereocenters. The molecule has 3 aromatic rings. The van der Waals surface area contributed by atoms with Gasteiger partial charge in [-0.1, -0.05) is 57.4 Å². The number of halogens is 13. The van der Waals surface area contributed by atoms with Gasteiger partial charge in [-0.25, -0.2) is 32.9 Å². The molecule has 2 saturated carbocycles. The average molecular weight is 1290 g/mol. The van der Waals surface area contributed by atoms with E-state index in [9.17, 15) is 71.9 Å². The number of carboxylic acids is 1. The molecule has 10 rings (SSSR count). The molecular weight excluding hydrogens is 1210 g/mol. The van der Waals surface area contributed by atoms with Gasteiger partial charge in [-0.2, -0.15) is 44.8 Å². The van der Waals surface area contributed by atoms with Gasteiger partial charge < -0.3 is 43.3 Å². The third kappa shape index (κ3) is 23.9. The van der Waals surface area contributed by atoms with Gasteiger partial charge in [0.15, 0.2) is 51.9 Å². The predicted octanol–water partition coefficient (Wildman–Crippen LogP) is 14.4. The van der Waals surface area contributed by atoms with E-state index < -0.39 is 93.3 Å². The lowest BCUT2D eigenvalue weighted by Crippen LogP contribution is -2.47. The third-order valence-corrected chi connectivity index (χ3v) is 13.3. The Morgan fingerprint density at radius 2 is 0.747 bits per heavy atom. The molecule has 5 aliphatic heterocycles. The number of ketones is 1. The van der Waals surface area contributed by atoms with E-state index in [1.165, 1.54) is 55.2 Å². The highest BCUT2D eigenvalue weighted by molar-refractivity contribution is 5.96. The van der Waals surface area contributed by atoms with Crippen LogP contribution >= 0.6 is 12.4 Å². The molecule has 7 aliphatic rings. The van der Waals surface area contributed by atoms with E-state index >= 15 is 0 Å². The van der Waals surface area contributed by atoms with Crippen molar-refractivity contribution in [2.75, 3.05) is 65.8 Å². The first kappa shape index (κ1) is 85.4. The number of Topliss-reactive ketones (excluding diaryl/α,β-unsaturated/α-hetero) is 1. The quantitative estimate of drug-likeness (QED) is 0.242. The first-order valence-corrected chi connectivity index (χ1v) is 25.3. The normalized spacial score (nSPS) is 18.4. The van der Waals surface area contributed by atoms with Gasteiger partial charge in [-0.05, 0) is 43.9 Å². The summed E-state index contributed by atoms with van der Waals surface area (Å²) < 4.78 is 185. The Balaban J connectivity index is -0.00000101. The van der Waals surface area contributed by atoms with Crippen molar-refractivity contribution in [1.29, 1.82) is 5.26 Å². The summed E-state index contributed by atoms with van der Waals surface area (Å²) in [5.74, 6) is -9.60. The van der Waals surface area contributed by atoms with E-state index in [4.69, 9.17) is 38.8 Å². The molecule has 0 radical (unpaired) electrons. The number of rotatable bonds is 3. The molecule has 30 heteroatoms. The summed E-state index contributed by atoms with van der Waals surface area (Å²) in [5.41, 5.74) is -7.57. The molecule has 2 amide bonds. The third-order valence-electron chi connectivity index (χ3n) is 13.3. The van der Waals surface area contributed by atoms with E-state index in [-0.39, 0.29) is 113 Å². The number of nitrogens with zero attached hydrogens (tertiary/aromatic N) is 6. The number of amides is 2. The number of hydrogen-bond acceptors (Lipinski definition) is 14. The van der Waals surface area contributed by atoms with Gasteiger partial charge in [0, 0.05) is 103 Å². The van der Waals surface area contributed by atoms with Gasteiger partial charge in [0.05, 0.1) is 62.4 Å². The maximum absolute atomic E-state index is 14.0. The van der Waals surface area contributed by atoms with Crippen LogP contribution in [0.5, 0.6) is 0 Å². The Hall–Kier alpha value is -5.77. The van der Waals surface area contributed by atoms with E-state index in [2.05, 4.69) is 15.0 Å². The van der Waals surface area contributed by atoms with Gasteiger partial charge in [0.25, 0.3) is 11.8 Å². The molecule has 3 spiro atoms. The molecule has 5 saturated heterocycles. The van der Waals surface area contributed by atoms with E-state index in [0.717, 1.165) is 76.6 Å². The molecule has 0 bridgehead atoms. The lowest BCUT2D eigenvalue weighted by Gasteiger charge is -2.37. The van der Waals surface area contributed by atoms with Crippen LogP contribution in [0, 0.1) is 28.8 Å². The lowest BCUT2D eigenvalue weighted by atomic mass is 9.94. The van der Waals surface area contributed by atoms with Crippen molar-refractivity contribution in [3.8, 4) is 6.07 Å². The van der Waals surface area contributed by atoms with Gasteiger partial charge in [0.1, 0.15) is 5.78 Å². The smallest absolute Gasteiger partial charge is 0.436 e. The van der Waals surface area contributed by atoms with Crippen molar-refractivity contribution < 1.29 is 105 Å². The fourth-order valence-corrected chi connectivity index (χ4v) is 9.31. The van der Waals surface area contributed by atoms with Crippen LogP contribution in [-0.2, 0) is 51.7 Å². The number of hydrogen-bond donors (Lipinski definition) is 1. The maximum atomic E-state index is 14.0. The molecule has 7 fully saturated rings. The SMILES string of the molecule is C.C.C.C.C.C.C1CCC2(CC1)OCCO2.C1CCC2(CC1)OCCO2.CC#N.Cl.O=C(O)c1ccnc(C(F)(F)F)c1F.O=C(c1ccnc(C(F)(F)F)c1F)N1CCC2(CC1)OCCO2.O=C1CCN(C(=O)c2ccnc(C(F)(F)F)c2F)CC1. The van der Waals surface area contributed by atoms with Crippen molar-refractivity contribution in [3.63, 3.8) is 0 Å². The highest BCUT2D eigenvalue weighted by Gasteiger charge is 2.44. The van der Waals surface area contributed by atoms with Crippen LogP contribution in [0.3, 0.4) is 0 Å². The molecule has 17 nitrogen and oxygen atoms in total. The van der Waals surface area contributed by atoms with Crippen LogP contribution in [-0.4, -0.2) is 137 Å². The van der Waals surface area contributed by atoms with Crippen molar-refractivity contribution >= 4 is 36.0 Å². The number of nitriles is 1. The van der Waals surface area contributed by atoms with Crippen LogP contribution in [0.4, 0.5) is 52.7 Å². The van der Waals surface area contributed by atoms with E-state index in [1.807, 2.05) is 0 Å². The Kier molecular flexibility index (Phi) is 37.2. The van der Waals surface area contributed by atoms with Crippen LogP contribution in [0.25, 0.3) is 0 Å². The zero-order chi connectivity index (χ0) is 58.9. The molecule has 498 valence electrons. The van der Waals surface area contributed by atoms with E-state index in [1.54, 1.807) is 6.07 Å². The number of aromatic carboxylic acids is 1. The minimum Gasteiger partial charge on any atom is -0.478 e. The number of alkyl halides is 9. The zero-order valence-corrected chi connectivity index (χ0v) is 44.4. The Labute approximate surface area is 507 Å². The van der Waals surface area contributed by atoms with Gasteiger partial charge in [-0.15, -0.1) is 12.4 Å². The van der Waals surface area contributed by atoms with E-state index in [0.29, 0.717) is 38.3 Å². The number of carbonyl (C=O) groups excluding carboxylic acids is 3. The summed E-state index contributed by atoms with van der Waals surface area (Å²) in [7, 11) is 0. The summed E-state index contributed by atoms with van der Waals surface area (Å²) in [5, 5.41) is 15.6. The minimum absolute atomic E-state index is 0. The maximum Gasteiger partial charge on any atom is 0.436 e. The van der Waals surface area contributed by atoms with Crippen molar-refractivity contribution in [3.05, 3.63) is 88.0 Å². The Morgan fingerprint density at radius 3 is 1.02 bits per heavy atom. The highest BCUT2D eigenvalue weighted by Crippen LogP contribution is 2.38. The number of pyridine rings is 3. The van der Waals surface area contributed by atoms with Crippen molar-refractivity contribution in [1.82, 2.24) is 24.8 Å². The summed E-state index contributed by atoms with van der Waals surface area (Å²) >= 11 is 0. The molecule has 2 aliphatic carbocycles. The fourth-order valence-electron chi connectivity index (χ4n) is 9.31. The topological polar surface area (TPSA) is 213 Å². The Bertz CT molecular complexity index is 2560. The fraction of sp³-hybridized carbons (Fsp3) is 0.649. The largest absolute Gasteiger partial charge is 0.478 e. The molecular formula is C57H83ClF12N6O11. The number of carbonyl (C=O) groups is 4. The second-order valence-electron chi connectivity index (χ2n) is 18.7. The second kappa shape index (κ2) is 37.9. The average Bonchev–Trinajstić information content (AvgIpc) is 2.98. The van der Waals surface area contributed by atoms with Gasteiger partial charge >= 0.3 is 24.5 Å². The summed E-state index contributed by atoms with van der Waals surface area (Å²) in [4.78, 5) is 56.7. The number of carboxylic acid groups (broad SMARTS) is 1. The van der Waals surface area contributed by atoms with Crippen molar-refractivity contribution in [2.24, 2.45) is 0 Å². The molecule has 0 aromatic carbocycles. The zero-order valence-electron chi connectivity index (χ0n) is 43.6. The summed E-state index contributed by atoms with van der Waals surface area (Å²) in [6.45, 7) is 6.22. The van der Waals surface area contributed by atoms with Crippen LogP contribution < -0.4 is 0 Å². The Morgan fingerprint density at radius 1 is 0.494 bits per heavy atom. The number of aromatic nitrogens is 3. The van der Waals surface area contributed by atoms with Crippen LogP contribution in [0.1, 0.15) is 190 Å². The molecule has 1 N–H and O–H groups in total. The van der Waals surface area contributed by atoms with Crippen LogP contribution in [0.2, 0.25) is 0 Å². The van der Waals surface area contributed by atoms with Gasteiger partial charge in [0.2, 0.25) is 0 Å². The number of ether oxygens (including phenoxy) is 6. The van der Waals surface area contributed by atoms with Crippen molar-refractivity contribution in [2.45, 2.75) is 177 Å². The molecule has 8 heterocycles. The van der Waals surface area contributed by atoms with Crippen LogP contribution in [0.15, 0.2) is 36.8 Å². The number of likely N-dealkylation sites (tertiary alicyclic amines) is 2. The summed E-state index contributed by atoms with van der Waals surface area (Å²) in [6.07, 6.45) is 0.580. The lowest BCUT2D eigenvalue weighted by molar-refractivity contribution is -0.181. The second-order valence-corrected chi connectivity index (χ2v) is 18.7. The highest BCUT2D eigenvalue weighted by atomic mass is 35.5. The predicted molar refractivity (Wildman–Crippen MR) is 299 cm³/mol. The number of piperidine rings is 2. The first-order chi connectivity index (χ1) is 37.7. The minimum atomic E-state index is -4.99. The monoisotopic (exact) mass is 1290 g/mol. The van der Waals surface area contributed by atoms with Gasteiger partial charge in [-0.3, -0.25) is 14.4 Å². The first-order valence-electron chi connectivity index (χ1n) is 25.3.